The molecule has 0 fully saturated rings. The van der Waals surface area contributed by atoms with Gasteiger partial charge in [0.2, 0.25) is 0 Å². The lowest BCUT2D eigenvalue weighted by Gasteiger charge is -2.10. The van der Waals surface area contributed by atoms with Crippen LogP contribution in [0, 0.1) is 0 Å². The van der Waals surface area contributed by atoms with Crippen molar-refractivity contribution < 1.29 is 5.11 Å². The van der Waals surface area contributed by atoms with Crippen LogP contribution in [0.1, 0.15) is 5.56 Å². The average Bonchev–Trinajstić information content (AvgIpc) is 2.45. The van der Waals surface area contributed by atoms with Crippen LogP contribution in [0.15, 0.2) is 59.7 Å². The van der Waals surface area contributed by atoms with Gasteiger partial charge in [0.05, 0.1) is 17.4 Å². The van der Waals surface area contributed by atoms with Crippen LogP contribution in [0.5, 0.6) is 5.75 Å². The second-order valence-electron chi connectivity index (χ2n) is 4.33. The van der Waals surface area contributed by atoms with Gasteiger partial charge < -0.3 is 9.67 Å². The summed E-state index contributed by atoms with van der Waals surface area (Å²) in [5.41, 5.74) is 1.50. The minimum atomic E-state index is -0.222. The molecule has 0 aliphatic heterocycles. The van der Waals surface area contributed by atoms with Crippen LogP contribution in [0.3, 0.4) is 0 Å². The van der Waals surface area contributed by atoms with Crippen LogP contribution in [0.2, 0.25) is 0 Å². The summed E-state index contributed by atoms with van der Waals surface area (Å²) in [6.07, 6.45) is 3.17. The zero-order valence-corrected chi connectivity index (χ0v) is 10.2. The highest BCUT2D eigenvalue weighted by molar-refractivity contribution is 5.84. The van der Waals surface area contributed by atoms with Crippen LogP contribution in [-0.4, -0.2) is 14.7 Å². The third-order valence-corrected chi connectivity index (χ3v) is 3.07. The molecule has 1 aromatic carbocycles. The Bertz CT molecular complexity index is 779. The quantitative estimate of drug-likeness (QED) is 0.760. The first-order valence-corrected chi connectivity index (χ1v) is 5.96. The van der Waals surface area contributed by atoms with Gasteiger partial charge in [-0.2, -0.15) is 0 Å². The molecule has 0 atom stereocenters. The van der Waals surface area contributed by atoms with E-state index in [1.54, 1.807) is 23.0 Å². The van der Waals surface area contributed by atoms with Gasteiger partial charge in [-0.15, -0.1) is 0 Å². The highest BCUT2D eigenvalue weighted by Gasteiger charge is 2.08. The van der Waals surface area contributed by atoms with E-state index in [0.717, 1.165) is 5.56 Å². The van der Waals surface area contributed by atoms with Crippen molar-refractivity contribution >= 4 is 10.9 Å². The van der Waals surface area contributed by atoms with E-state index in [1.165, 1.54) is 6.07 Å². The summed E-state index contributed by atoms with van der Waals surface area (Å²) in [6.45, 7) is 0.473. The Kier molecular flexibility index (Phi) is 2.76. The largest absolute Gasteiger partial charge is 0.507 e. The van der Waals surface area contributed by atoms with Crippen LogP contribution >= 0.6 is 0 Å². The first-order chi connectivity index (χ1) is 9.25. The minimum absolute atomic E-state index is 0.0302. The van der Waals surface area contributed by atoms with Gasteiger partial charge in [-0.05, 0) is 11.6 Å². The van der Waals surface area contributed by atoms with Crippen molar-refractivity contribution in [3.8, 4) is 5.75 Å². The standard InChI is InChI=1S/C15H12N2O2/c18-14-8-15(19)17(10-11-4-2-1-3-5-11)13-6-7-16-9-12(13)14/h1-9,18H,10H2. The summed E-state index contributed by atoms with van der Waals surface area (Å²) >= 11 is 0. The molecule has 4 heteroatoms. The van der Waals surface area contributed by atoms with Crippen molar-refractivity contribution in [2.45, 2.75) is 6.54 Å². The molecule has 0 unspecified atom stereocenters. The van der Waals surface area contributed by atoms with Gasteiger partial charge in [-0.3, -0.25) is 9.78 Å². The molecule has 4 nitrogen and oxygen atoms in total. The molecule has 0 radical (unpaired) electrons. The Labute approximate surface area is 109 Å². The molecule has 0 saturated heterocycles. The number of nitrogens with zero attached hydrogens (tertiary/aromatic N) is 2. The Hall–Kier alpha value is -2.62. The first kappa shape index (κ1) is 11.5. The predicted molar refractivity (Wildman–Crippen MR) is 73.2 cm³/mol. The lowest BCUT2D eigenvalue weighted by molar-refractivity contribution is 0.479. The van der Waals surface area contributed by atoms with Crippen LogP contribution in [0.25, 0.3) is 10.9 Å². The van der Waals surface area contributed by atoms with Crippen molar-refractivity contribution in [1.82, 2.24) is 9.55 Å². The molecule has 94 valence electrons. The van der Waals surface area contributed by atoms with E-state index in [4.69, 9.17) is 0 Å². The topological polar surface area (TPSA) is 55.1 Å². The van der Waals surface area contributed by atoms with Crippen molar-refractivity contribution in [3.05, 3.63) is 70.8 Å². The molecule has 2 aromatic heterocycles. The maximum absolute atomic E-state index is 12.0. The Balaban J connectivity index is 2.21. The summed E-state index contributed by atoms with van der Waals surface area (Å²) in [5, 5.41) is 10.4. The van der Waals surface area contributed by atoms with Gasteiger partial charge in [0.15, 0.2) is 0 Å². The fourth-order valence-corrected chi connectivity index (χ4v) is 2.14. The molecule has 0 spiro atoms. The molecule has 0 bridgehead atoms. The number of aromatic hydroxyl groups is 1. The summed E-state index contributed by atoms with van der Waals surface area (Å²) in [4.78, 5) is 16.0. The smallest absolute Gasteiger partial charge is 0.255 e. The summed E-state index contributed by atoms with van der Waals surface area (Å²) in [6, 6.07) is 12.7. The normalized spacial score (nSPS) is 10.7. The lowest BCUT2D eigenvalue weighted by atomic mass is 10.2. The van der Waals surface area contributed by atoms with E-state index in [2.05, 4.69) is 4.98 Å². The number of fused-ring (bicyclic) bond motifs is 1. The summed E-state index contributed by atoms with van der Waals surface area (Å²) < 4.78 is 1.63. The lowest BCUT2D eigenvalue weighted by Crippen LogP contribution is -2.20. The van der Waals surface area contributed by atoms with Crippen molar-refractivity contribution in [1.29, 1.82) is 0 Å². The van der Waals surface area contributed by atoms with Gasteiger partial charge in [-0.1, -0.05) is 30.3 Å². The Morgan fingerprint density at radius 2 is 1.95 bits per heavy atom. The Morgan fingerprint density at radius 3 is 2.74 bits per heavy atom. The molecule has 0 amide bonds. The number of benzene rings is 1. The number of hydrogen-bond acceptors (Lipinski definition) is 3. The van der Waals surface area contributed by atoms with Gasteiger partial charge >= 0.3 is 0 Å². The molecule has 0 aliphatic rings. The van der Waals surface area contributed by atoms with E-state index in [0.29, 0.717) is 17.4 Å². The maximum atomic E-state index is 12.0. The second kappa shape index (κ2) is 4.57. The van der Waals surface area contributed by atoms with Crippen molar-refractivity contribution in [3.63, 3.8) is 0 Å². The fourth-order valence-electron chi connectivity index (χ4n) is 2.14. The van der Waals surface area contributed by atoms with Crippen molar-refractivity contribution in [2.75, 3.05) is 0 Å². The number of hydrogen-bond donors (Lipinski definition) is 1. The third kappa shape index (κ3) is 2.08. The number of pyridine rings is 2. The fraction of sp³-hybridized carbons (Fsp3) is 0.0667. The SMILES string of the molecule is O=c1cc(O)c2cnccc2n1Cc1ccccc1. The van der Waals surface area contributed by atoms with Gasteiger partial charge in [0.25, 0.3) is 5.56 Å². The van der Waals surface area contributed by atoms with Gasteiger partial charge in [0.1, 0.15) is 5.75 Å². The predicted octanol–water partition coefficient (Wildman–Crippen LogP) is 2.15. The van der Waals surface area contributed by atoms with Crippen LogP contribution < -0.4 is 5.56 Å². The van der Waals surface area contributed by atoms with Crippen LogP contribution in [-0.2, 0) is 6.54 Å². The Morgan fingerprint density at radius 1 is 1.16 bits per heavy atom. The molecule has 3 rings (SSSR count). The second-order valence-corrected chi connectivity index (χ2v) is 4.33. The van der Waals surface area contributed by atoms with E-state index in [-0.39, 0.29) is 11.3 Å². The van der Waals surface area contributed by atoms with Crippen molar-refractivity contribution in [2.24, 2.45) is 0 Å². The van der Waals surface area contributed by atoms with E-state index in [1.807, 2.05) is 30.3 Å². The molecule has 2 heterocycles. The monoisotopic (exact) mass is 252 g/mol. The molecule has 0 aliphatic carbocycles. The van der Waals surface area contributed by atoms with E-state index in [9.17, 15) is 9.90 Å². The number of rotatable bonds is 2. The third-order valence-electron chi connectivity index (χ3n) is 3.07. The number of aromatic nitrogens is 2. The highest BCUT2D eigenvalue weighted by Crippen LogP contribution is 2.21. The zero-order chi connectivity index (χ0) is 13.2. The average molecular weight is 252 g/mol. The highest BCUT2D eigenvalue weighted by atomic mass is 16.3. The van der Waals surface area contributed by atoms with E-state index >= 15 is 0 Å². The molecular weight excluding hydrogens is 240 g/mol. The molecule has 3 aromatic rings. The van der Waals surface area contributed by atoms with E-state index < -0.39 is 0 Å². The molecule has 0 saturated carbocycles. The maximum Gasteiger partial charge on any atom is 0.255 e. The van der Waals surface area contributed by atoms with Gasteiger partial charge in [0, 0.05) is 18.5 Å². The molecule has 19 heavy (non-hydrogen) atoms. The minimum Gasteiger partial charge on any atom is -0.507 e. The summed E-state index contributed by atoms with van der Waals surface area (Å²) in [5.74, 6) is -0.0302. The van der Waals surface area contributed by atoms with Crippen LogP contribution in [0.4, 0.5) is 0 Å². The van der Waals surface area contributed by atoms with Gasteiger partial charge in [-0.25, -0.2) is 0 Å². The molecular formula is C15H12N2O2. The first-order valence-electron chi connectivity index (χ1n) is 5.96. The molecule has 1 N–H and O–H groups in total. The summed E-state index contributed by atoms with van der Waals surface area (Å²) in [7, 11) is 0. The zero-order valence-electron chi connectivity index (χ0n) is 10.2.